The fourth-order valence-electron chi connectivity index (χ4n) is 1.87. The van der Waals surface area contributed by atoms with Gasteiger partial charge in [0.1, 0.15) is 5.75 Å². The van der Waals surface area contributed by atoms with Gasteiger partial charge in [-0.25, -0.2) is 8.42 Å². The highest BCUT2D eigenvalue weighted by molar-refractivity contribution is 7.93. The molecule has 1 atom stereocenters. The molecule has 0 aliphatic carbocycles. The first kappa shape index (κ1) is 14.9. The number of hydrogen-bond acceptors (Lipinski definition) is 4. The summed E-state index contributed by atoms with van der Waals surface area (Å²) < 4.78 is 65.9. The standard InChI is InChI=1S/C11H13F3N2O3S/c12-11(13,14)19-9-3-1-8(2-4-9)16-20(17,18)10-5-6-15-7-10/h1-4,10,15-16H,5-7H2. The number of nitrogens with one attached hydrogen (secondary N) is 2. The minimum Gasteiger partial charge on any atom is -0.406 e. The van der Waals surface area contributed by atoms with E-state index in [2.05, 4.69) is 14.8 Å². The Labute approximate surface area is 114 Å². The molecule has 0 spiro atoms. The second kappa shape index (κ2) is 5.49. The highest BCUT2D eigenvalue weighted by Gasteiger charge is 2.31. The first-order valence-electron chi connectivity index (χ1n) is 5.84. The van der Waals surface area contributed by atoms with Gasteiger partial charge in [0, 0.05) is 12.2 Å². The molecule has 0 amide bonds. The molecule has 20 heavy (non-hydrogen) atoms. The van der Waals surface area contributed by atoms with Gasteiger partial charge in [-0.05, 0) is 37.2 Å². The molecular weight excluding hydrogens is 297 g/mol. The van der Waals surface area contributed by atoms with Crippen molar-refractivity contribution in [3.63, 3.8) is 0 Å². The highest BCUT2D eigenvalue weighted by atomic mass is 32.2. The molecule has 1 unspecified atom stereocenters. The van der Waals surface area contributed by atoms with Crippen LogP contribution in [0.15, 0.2) is 24.3 Å². The Morgan fingerprint density at radius 3 is 2.40 bits per heavy atom. The van der Waals surface area contributed by atoms with Crippen LogP contribution in [0.25, 0.3) is 0 Å². The molecule has 1 aliphatic heterocycles. The lowest BCUT2D eigenvalue weighted by molar-refractivity contribution is -0.274. The summed E-state index contributed by atoms with van der Waals surface area (Å²) >= 11 is 0. The van der Waals surface area contributed by atoms with Gasteiger partial charge in [0.15, 0.2) is 0 Å². The lowest BCUT2D eigenvalue weighted by Crippen LogP contribution is -2.29. The van der Waals surface area contributed by atoms with E-state index >= 15 is 0 Å². The van der Waals surface area contributed by atoms with Gasteiger partial charge in [0.25, 0.3) is 0 Å². The van der Waals surface area contributed by atoms with Crippen LogP contribution in [-0.2, 0) is 10.0 Å². The lowest BCUT2D eigenvalue weighted by atomic mass is 10.3. The minimum atomic E-state index is -4.77. The zero-order valence-corrected chi connectivity index (χ0v) is 11.1. The summed E-state index contributed by atoms with van der Waals surface area (Å²) in [5.74, 6) is -0.400. The molecule has 2 N–H and O–H groups in total. The fraction of sp³-hybridized carbons (Fsp3) is 0.455. The van der Waals surface area contributed by atoms with Gasteiger partial charge in [-0.3, -0.25) is 4.72 Å². The van der Waals surface area contributed by atoms with Gasteiger partial charge in [-0.2, -0.15) is 0 Å². The predicted molar refractivity (Wildman–Crippen MR) is 66.9 cm³/mol. The van der Waals surface area contributed by atoms with Crippen molar-refractivity contribution in [3.05, 3.63) is 24.3 Å². The molecule has 1 fully saturated rings. The number of anilines is 1. The van der Waals surface area contributed by atoms with Crippen molar-refractivity contribution in [2.24, 2.45) is 0 Å². The molecular formula is C11H13F3N2O3S. The molecule has 0 saturated carbocycles. The summed E-state index contributed by atoms with van der Waals surface area (Å²) in [6, 6.07) is 4.55. The second-order valence-electron chi connectivity index (χ2n) is 4.33. The van der Waals surface area contributed by atoms with E-state index in [0.29, 0.717) is 19.5 Å². The SMILES string of the molecule is O=S(=O)(Nc1ccc(OC(F)(F)F)cc1)C1CCNC1. The molecule has 1 aromatic rings. The number of benzene rings is 1. The molecule has 0 bridgehead atoms. The molecule has 1 aliphatic rings. The van der Waals surface area contributed by atoms with Crippen LogP contribution >= 0.6 is 0 Å². The van der Waals surface area contributed by atoms with E-state index in [0.717, 1.165) is 12.1 Å². The Hall–Kier alpha value is -1.48. The van der Waals surface area contributed by atoms with Gasteiger partial charge < -0.3 is 10.1 Å². The molecule has 2 rings (SSSR count). The number of hydrogen-bond donors (Lipinski definition) is 2. The maximum atomic E-state index is 12.0. The number of ether oxygens (including phenoxy) is 1. The van der Waals surface area contributed by atoms with Crippen molar-refractivity contribution in [2.45, 2.75) is 18.0 Å². The van der Waals surface area contributed by atoms with E-state index in [-0.39, 0.29) is 5.69 Å². The van der Waals surface area contributed by atoms with Gasteiger partial charge in [0.05, 0.1) is 5.25 Å². The Kier molecular flexibility index (Phi) is 4.09. The van der Waals surface area contributed by atoms with Crippen molar-refractivity contribution in [3.8, 4) is 5.75 Å². The Morgan fingerprint density at radius 1 is 1.25 bits per heavy atom. The van der Waals surface area contributed by atoms with Gasteiger partial charge >= 0.3 is 6.36 Å². The Morgan fingerprint density at radius 2 is 1.90 bits per heavy atom. The summed E-state index contributed by atoms with van der Waals surface area (Å²) in [6.07, 6.45) is -4.26. The van der Waals surface area contributed by atoms with Crippen LogP contribution in [0.4, 0.5) is 18.9 Å². The van der Waals surface area contributed by atoms with Crippen LogP contribution in [-0.4, -0.2) is 33.1 Å². The molecule has 1 saturated heterocycles. The van der Waals surface area contributed by atoms with E-state index in [1.54, 1.807) is 0 Å². The maximum absolute atomic E-state index is 12.0. The van der Waals surface area contributed by atoms with Gasteiger partial charge in [-0.1, -0.05) is 0 Å². The zero-order chi connectivity index (χ0) is 14.8. The third kappa shape index (κ3) is 4.01. The van der Waals surface area contributed by atoms with Gasteiger partial charge in [0.2, 0.25) is 10.0 Å². The van der Waals surface area contributed by atoms with Crippen LogP contribution in [0.2, 0.25) is 0 Å². The molecule has 5 nitrogen and oxygen atoms in total. The topological polar surface area (TPSA) is 67.4 Å². The largest absolute Gasteiger partial charge is 0.573 e. The van der Waals surface area contributed by atoms with Crippen LogP contribution < -0.4 is 14.8 Å². The molecule has 1 heterocycles. The average Bonchev–Trinajstić information content (AvgIpc) is 2.84. The second-order valence-corrected chi connectivity index (χ2v) is 6.29. The normalized spacial score (nSPS) is 19.9. The Balaban J connectivity index is 2.03. The van der Waals surface area contributed by atoms with Crippen LogP contribution in [0.1, 0.15) is 6.42 Å². The lowest BCUT2D eigenvalue weighted by Gasteiger charge is -2.13. The van der Waals surface area contributed by atoms with E-state index in [1.807, 2.05) is 0 Å². The Bertz CT molecular complexity index is 551. The average molecular weight is 310 g/mol. The maximum Gasteiger partial charge on any atom is 0.573 e. The quantitative estimate of drug-likeness (QED) is 0.888. The van der Waals surface area contributed by atoms with Crippen molar-refractivity contribution < 1.29 is 26.3 Å². The number of sulfonamides is 1. The molecule has 112 valence electrons. The van der Waals surface area contributed by atoms with Crippen molar-refractivity contribution >= 4 is 15.7 Å². The molecule has 0 aromatic heterocycles. The van der Waals surface area contributed by atoms with E-state index in [1.165, 1.54) is 12.1 Å². The fourth-order valence-corrected chi connectivity index (χ4v) is 3.26. The monoisotopic (exact) mass is 310 g/mol. The molecule has 1 aromatic carbocycles. The smallest absolute Gasteiger partial charge is 0.406 e. The summed E-state index contributed by atoms with van der Waals surface area (Å²) in [4.78, 5) is 0. The minimum absolute atomic E-state index is 0.200. The van der Waals surface area contributed by atoms with Crippen LogP contribution in [0.3, 0.4) is 0 Å². The van der Waals surface area contributed by atoms with E-state index in [9.17, 15) is 21.6 Å². The number of halogens is 3. The van der Waals surface area contributed by atoms with E-state index < -0.39 is 27.4 Å². The summed E-state index contributed by atoms with van der Waals surface area (Å²) in [5.41, 5.74) is 0.200. The van der Waals surface area contributed by atoms with Gasteiger partial charge in [-0.15, -0.1) is 13.2 Å². The summed E-state index contributed by atoms with van der Waals surface area (Å²) in [5, 5.41) is 2.40. The molecule has 9 heteroatoms. The van der Waals surface area contributed by atoms with Crippen LogP contribution in [0, 0.1) is 0 Å². The molecule has 0 radical (unpaired) electrons. The van der Waals surface area contributed by atoms with Crippen molar-refractivity contribution in [2.75, 3.05) is 17.8 Å². The number of rotatable bonds is 4. The predicted octanol–water partition coefficient (Wildman–Crippen LogP) is 1.69. The third-order valence-electron chi connectivity index (χ3n) is 2.80. The summed E-state index contributed by atoms with van der Waals surface area (Å²) in [6.45, 7) is 0.995. The van der Waals surface area contributed by atoms with Crippen molar-refractivity contribution in [1.29, 1.82) is 0 Å². The first-order chi connectivity index (χ1) is 9.26. The first-order valence-corrected chi connectivity index (χ1v) is 7.39. The summed E-state index contributed by atoms with van der Waals surface area (Å²) in [7, 11) is -3.54. The zero-order valence-electron chi connectivity index (χ0n) is 10.3. The van der Waals surface area contributed by atoms with Crippen molar-refractivity contribution in [1.82, 2.24) is 5.32 Å². The van der Waals surface area contributed by atoms with Crippen LogP contribution in [0.5, 0.6) is 5.75 Å². The highest BCUT2D eigenvalue weighted by Crippen LogP contribution is 2.24. The van der Waals surface area contributed by atoms with E-state index in [4.69, 9.17) is 0 Å². The number of alkyl halides is 3. The third-order valence-corrected chi connectivity index (χ3v) is 4.60.